The molecule has 0 aliphatic carbocycles. The third-order valence-electron chi connectivity index (χ3n) is 3.47. The minimum atomic E-state index is 0.198. The summed E-state index contributed by atoms with van der Waals surface area (Å²) in [5.74, 6) is 0.198. The van der Waals surface area contributed by atoms with Gasteiger partial charge in [0.2, 0.25) is 0 Å². The monoisotopic (exact) mass is 307 g/mol. The largest absolute Gasteiger partial charge is 0.385 e. The summed E-state index contributed by atoms with van der Waals surface area (Å²) in [6.45, 7) is 0.654. The third-order valence-corrected chi connectivity index (χ3v) is 4.38. The average Bonchev–Trinajstić information content (AvgIpc) is 3.11. The number of thiophene rings is 1. The third kappa shape index (κ3) is 3.62. The van der Waals surface area contributed by atoms with Crippen LogP contribution in [0, 0.1) is 0 Å². The average molecular weight is 307 g/mol. The molecule has 0 fully saturated rings. The van der Waals surface area contributed by atoms with Gasteiger partial charge >= 0.3 is 0 Å². The smallest absolute Gasteiger partial charge is 0.174 e. The maximum absolute atomic E-state index is 11.9. The van der Waals surface area contributed by atoms with Crippen molar-refractivity contribution in [3.05, 3.63) is 77.0 Å². The van der Waals surface area contributed by atoms with Crippen molar-refractivity contribution in [2.24, 2.45) is 0 Å². The van der Waals surface area contributed by atoms with E-state index in [0.29, 0.717) is 13.0 Å². The minimum absolute atomic E-state index is 0.198. The molecule has 0 bridgehead atoms. The maximum atomic E-state index is 11.9. The molecule has 0 atom stereocenters. The molecule has 0 saturated carbocycles. The molecule has 0 aliphatic heterocycles. The fraction of sp³-hybridized carbons (Fsp3) is 0.105. The van der Waals surface area contributed by atoms with E-state index in [1.165, 1.54) is 22.5 Å². The van der Waals surface area contributed by atoms with Crippen LogP contribution in [0.25, 0.3) is 11.1 Å². The van der Waals surface area contributed by atoms with Crippen molar-refractivity contribution in [1.82, 2.24) is 0 Å². The Kier molecular flexibility index (Phi) is 4.66. The Hall–Kier alpha value is -2.39. The summed E-state index contributed by atoms with van der Waals surface area (Å²) in [5, 5.41) is 5.23. The van der Waals surface area contributed by atoms with Gasteiger partial charge in [-0.3, -0.25) is 4.79 Å². The zero-order chi connectivity index (χ0) is 15.2. The van der Waals surface area contributed by atoms with Crippen molar-refractivity contribution in [2.75, 3.05) is 11.9 Å². The molecule has 3 rings (SSSR count). The summed E-state index contributed by atoms with van der Waals surface area (Å²) >= 11 is 1.50. The number of rotatable bonds is 6. The highest BCUT2D eigenvalue weighted by Crippen LogP contribution is 2.21. The van der Waals surface area contributed by atoms with E-state index in [9.17, 15) is 4.79 Å². The molecule has 0 saturated heterocycles. The van der Waals surface area contributed by atoms with Gasteiger partial charge in [-0.15, -0.1) is 11.3 Å². The van der Waals surface area contributed by atoms with Crippen molar-refractivity contribution >= 4 is 22.8 Å². The van der Waals surface area contributed by atoms with Gasteiger partial charge in [0.25, 0.3) is 0 Å². The molecule has 22 heavy (non-hydrogen) atoms. The van der Waals surface area contributed by atoms with Crippen LogP contribution in [0.4, 0.5) is 5.69 Å². The number of benzene rings is 2. The summed E-state index contributed by atoms with van der Waals surface area (Å²) in [5.41, 5.74) is 3.45. The van der Waals surface area contributed by atoms with Gasteiger partial charge in [-0.05, 0) is 34.7 Å². The Labute approximate surface area is 134 Å². The summed E-state index contributed by atoms with van der Waals surface area (Å²) in [6, 6.07) is 22.4. The van der Waals surface area contributed by atoms with Gasteiger partial charge in [0.05, 0.1) is 4.88 Å². The number of ketones is 1. The molecule has 0 aliphatic rings. The van der Waals surface area contributed by atoms with Crippen LogP contribution < -0.4 is 5.32 Å². The molecule has 3 heteroatoms. The highest BCUT2D eigenvalue weighted by molar-refractivity contribution is 7.12. The lowest BCUT2D eigenvalue weighted by atomic mass is 10.1. The Balaban J connectivity index is 1.54. The Morgan fingerprint density at radius 3 is 2.27 bits per heavy atom. The van der Waals surface area contributed by atoms with E-state index >= 15 is 0 Å². The van der Waals surface area contributed by atoms with Gasteiger partial charge in [0, 0.05) is 18.7 Å². The van der Waals surface area contributed by atoms with Gasteiger partial charge < -0.3 is 5.32 Å². The van der Waals surface area contributed by atoms with Crippen LogP contribution in [0.15, 0.2) is 72.1 Å². The number of hydrogen-bond donors (Lipinski definition) is 1. The zero-order valence-electron chi connectivity index (χ0n) is 12.2. The second-order valence-corrected chi connectivity index (χ2v) is 5.97. The lowest BCUT2D eigenvalue weighted by Crippen LogP contribution is -2.07. The lowest BCUT2D eigenvalue weighted by Gasteiger charge is -2.07. The quantitative estimate of drug-likeness (QED) is 0.642. The minimum Gasteiger partial charge on any atom is -0.385 e. The van der Waals surface area contributed by atoms with Crippen molar-refractivity contribution in [3.63, 3.8) is 0 Å². The van der Waals surface area contributed by atoms with E-state index in [4.69, 9.17) is 0 Å². The zero-order valence-corrected chi connectivity index (χ0v) is 13.0. The molecule has 2 nitrogen and oxygen atoms in total. The normalized spacial score (nSPS) is 10.4. The molecule has 0 unspecified atom stereocenters. The van der Waals surface area contributed by atoms with Crippen molar-refractivity contribution in [3.8, 4) is 11.1 Å². The molecule has 1 heterocycles. The summed E-state index contributed by atoms with van der Waals surface area (Å²) in [6.07, 6.45) is 0.515. The van der Waals surface area contributed by atoms with Crippen molar-refractivity contribution < 1.29 is 4.79 Å². The SMILES string of the molecule is O=C(CCNc1ccc(-c2ccccc2)cc1)c1cccs1. The summed E-state index contributed by atoms with van der Waals surface area (Å²) < 4.78 is 0. The molecule has 0 radical (unpaired) electrons. The second kappa shape index (κ2) is 7.05. The van der Waals surface area contributed by atoms with Crippen LogP contribution in [-0.2, 0) is 0 Å². The van der Waals surface area contributed by atoms with E-state index in [1.54, 1.807) is 0 Å². The molecular formula is C19H17NOS. The Bertz CT molecular complexity index is 718. The first kappa shape index (κ1) is 14.5. The number of hydrogen-bond acceptors (Lipinski definition) is 3. The van der Waals surface area contributed by atoms with Crippen LogP contribution in [0.1, 0.15) is 16.1 Å². The molecule has 110 valence electrons. The van der Waals surface area contributed by atoms with E-state index in [2.05, 4.69) is 41.7 Å². The first-order chi connectivity index (χ1) is 10.8. The molecule has 0 amide bonds. The maximum Gasteiger partial charge on any atom is 0.174 e. The van der Waals surface area contributed by atoms with E-state index < -0.39 is 0 Å². The Morgan fingerprint density at radius 2 is 1.59 bits per heavy atom. The van der Waals surface area contributed by atoms with Crippen LogP contribution in [0.5, 0.6) is 0 Å². The molecule has 2 aromatic carbocycles. The van der Waals surface area contributed by atoms with Crippen LogP contribution in [0.2, 0.25) is 0 Å². The molecule has 1 N–H and O–H groups in total. The van der Waals surface area contributed by atoms with E-state index in [0.717, 1.165) is 10.6 Å². The number of anilines is 1. The van der Waals surface area contributed by atoms with Gasteiger partial charge in [0.1, 0.15) is 0 Å². The van der Waals surface area contributed by atoms with Gasteiger partial charge in [-0.1, -0.05) is 48.5 Å². The molecular weight excluding hydrogens is 290 g/mol. The van der Waals surface area contributed by atoms with Crippen LogP contribution in [0.3, 0.4) is 0 Å². The van der Waals surface area contributed by atoms with Crippen LogP contribution >= 0.6 is 11.3 Å². The number of carbonyl (C=O) groups excluding carboxylic acids is 1. The van der Waals surface area contributed by atoms with Crippen molar-refractivity contribution in [2.45, 2.75) is 6.42 Å². The predicted octanol–water partition coefficient (Wildman–Crippen LogP) is 5.10. The molecule has 1 aromatic heterocycles. The fourth-order valence-corrected chi connectivity index (χ4v) is 2.99. The first-order valence-corrected chi connectivity index (χ1v) is 8.17. The number of Topliss-reactive ketones (excluding diaryl/α,β-unsaturated/α-hetero) is 1. The fourth-order valence-electron chi connectivity index (χ4n) is 2.29. The standard InChI is InChI=1S/C19H17NOS/c21-18(19-7-4-14-22-19)12-13-20-17-10-8-16(9-11-17)15-5-2-1-3-6-15/h1-11,14,20H,12-13H2. The highest BCUT2D eigenvalue weighted by Gasteiger charge is 2.05. The first-order valence-electron chi connectivity index (χ1n) is 7.29. The molecule has 3 aromatic rings. The summed E-state index contributed by atoms with van der Waals surface area (Å²) in [4.78, 5) is 12.7. The summed E-state index contributed by atoms with van der Waals surface area (Å²) in [7, 11) is 0. The van der Waals surface area contributed by atoms with E-state index in [1.807, 2.05) is 35.7 Å². The topological polar surface area (TPSA) is 29.1 Å². The van der Waals surface area contributed by atoms with Gasteiger partial charge in [0.15, 0.2) is 5.78 Å². The van der Waals surface area contributed by atoms with Crippen molar-refractivity contribution in [1.29, 1.82) is 0 Å². The Morgan fingerprint density at radius 1 is 0.864 bits per heavy atom. The highest BCUT2D eigenvalue weighted by atomic mass is 32.1. The van der Waals surface area contributed by atoms with E-state index in [-0.39, 0.29) is 5.78 Å². The second-order valence-electron chi connectivity index (χ2n) is 5.02. The number of carbonyl (C=O) groups is 1. The van der Waals surface area contributed by atoms with Gasteiger partial charge in [-0.2, -0.15) is 0 Å². The van der Waals surface area contributed by atoms with Gasteiger partial charge in [-0.25, -0.2) is 0 Å². The van der Waals surface area contributed by atoms with Crippen LogP contribution in [-0.4, -0.2) is 12.3 Å². The lowest BCUT2D eigenvalue weighted by molar-refractivity contribution is 0.0990. The predicted molar refractivity (Wildman–Crippen MR) is 93.6 cm³/mol. The number of nitrogens with one attached hydrogen (secondary N) is 1. The molecule has 0 spiro atoms.